The van der Waals surface area contributed by atoms with Gasteiger partial charge in [0.05, 0.1) is 11.1 Å². The van der Waals surface area contributed by atoms with Gasteiger partial charge in [0.15, 0.2) is 0 Å². The van der Waals surface area contributed by atoms with Gasteiger partial charge in [0.2, 0.25) is 0 Å². The van der Waals surface area contributed by atoms with Crippen LogP contribution in [0.5, 0.6) is 0 Å². The number of nitrogens with one attached hydrogen (secondary N) is 1. The van der Waals surface area contributed by atoms with Gasteiger partial charge < -0.3 is 10.4 Å². The Labute approximate surface area is 106 Å². The van der Waals surface area contributed by atoms with Crippen LogP contribution in [-0.2, 0) is 0 Å². The molecule has 1 aromatic rings. The van der Waals surface area contributed by atoms with Gasteiger partial charge >= 0.3 is 0 Å². The minimum atomic E-state index is -0.513. The van der Waals surface area contributed by atoms with Crippen molar-refractivity contribution < 1.29 is 9.90 Å². The normalized spacial score (nSPS) is 12.5. The molecule has 5 heteroatoms. The van der Waals surface area contributed by atoms with Crippen LogP contribution in [0.15, 0.2) is 23.4 Å². The molecule has 17 heavy (non-hydrogen) atoms. The van der Waals surface area contributed by atoms with Crippen LogP contribution in [0.3, 0.4) is 0 Å². The number of aromatic nitrogens is 1. The summed E-state index contributed by atoms with van der Waals surface area (Å²) >= 11 is 1.49. The highest BCUT2D eigenvalue weighted by Gasteiger charge is 2.12. The third kappa shape index (κ3) is 4.36. The second kappa shape index (κ2) is 6.61. The van der Waals surface area contributed by atoms with Crippen LogP contribution in [0.25, 0.3) is 0 Å². The van der Waals surface area contributed by atoms with Crippen LogP contribution in [0, 0.1) is 5.92 Å². The van der Waals surface area contributed by atoms with Gasteiger partial charge in [0.25, 0.3) is 5.91 Å². The smallest absolute Gasteiger partial charge is 0.251 e. The maximum absolute atomic E-state index is 11.8. The third-order valence-electron chi connectivity index (χ3n) is 2.45. The predicted octanol–water partition coefficient (Wildman–Crippen LogP) is 1.55. The maximum atomic E-state index is 11.8. The lowest BCUT2D eigenvalue weighted by atomic mass is 10.1. The molecule has 1 aromatic heterocycles. The summed E-state index contributed by atoms with van der Waals surface area (Å²) in [5.74, 6) is -0.0445. The van der Waals surface area contributed by atoms with Crippen molar-refractivity contribution in [2.75, 3.05) is 12.8 Å². The van der Waals surface area contributed by atoms with Crippen LogP contribution in [-0.4, -0.2) is 34.9 Å². The Bertz CT molecular complexity index is 383. The summed E-state index contributed by atoms with van der Waals surface area (Å²) in [7, 11) is 0. The molecule has 1 amide bonds. The first kappa shape index (κ1) is 14.0. The summed E-state index contributed by atoms with van der Waals surface area (Å²) in [6.07, 6.45) is 3.01. The number of aliphatic hydroxyl groups is 1. The first-order valence-corrected chi connectivity index (χ1v) is 6.73. The monoisotopic (exact) mass is 254 g/mol. The fraction of sp³-hybridized carbons (Fsp3) is 0.500. The van der Waals surface area contributed by atoms with Gasteiger partial charge in [0, 0.05) is 18.3 Å². The average Bonchev–Trinajstić information content (AvgIpc) is 2.35. The lowest BCUT2D eigenvalue weighted by Gasteiger charge is -2.15. The van der Waals surface area contributed by atoms with Crippen molar-refractivity contribution in [1.82, 2.24) is 10.3 Å². The number of aliphatic hydroxyl groups excluding tert-OH is 1. The Morgan fingerprint density at radius 2 is 2.29 bits per heavy atom. The van der Waals surface area contributed by atoms with Crippen molar-refractivity contribution in [1.29, 1.82) is 0 Å². The Hall–Kier alpha value is -1.07. The predicted molar refractivity (Wildman–Crippen MR) is 69.2 cm³/mol. The number of hydrogen-bond donors (Lipinski definition) is 2. The Morgan fingerprint density at radius 3 is 2.88 bits per heavy atom. The number of hydrogen-bond acceptors (Lipinski definition) is 4. The number of carbonyl (C=O) groups is 1. The molecular formula is C12H18N2O2S. The quantitative estimate of drug-likeness (QED) is 0.783. The number of carbonyl (C=O) groups excluding carboxylic acids is 1. The van der Waals surface area contributed by atoms with Crippen molar-refractivity contribution in [3.8, 4) is 0 Å². The third-order valence-corrected chi connectivity index (χ3v) is 3.09. The molecule has 1 rings (SSSR count). The molecule has 1 atom stereocenters. The molecule has 0 aliphatic carbocycles. The minimum Gasteiger partial charge on any atom is -0.391 e. The van der Waals surface area contributed by atoms with Crippen LogP contribution in [0.2, 0.25) is 0 Å². The molecule has 2 N–H and O–H groups in total. The molecule has 1 unspecified atom stereocenters. The van der Waals surface area contributed by atoms with E-state index in [1.165, 1.54) is 11.8 Å². The van der Waals surface area contributed by atoms with E-state index in [-0.39, 0.29) is 18.4 Å². The van der Waals surface area contributed by atoms with Crippen molar-refractivity contribution in [3.63, 3.8) is 0 Å². The maximum Gasteiger partial charge on any atom is 0.251 e. The van der Waals surface area contributed by atoms with Crippen molar-refractivity contribution in [2.45, 2.75) is 25.0 Å². The van der Waals surface area contributed by atoms with Gasteiger partial charge in [-0.1, -0.05) is 13.8 Å². The van der Waals surface area contributed by atoms with E-state index < -0.39 is 6.10 Å². The highest BCUT2D eigenvalue weighted by molar-refractivity contribution is 7.98. The first-order chi connectivity index (χ1) is 8.04. The summed E-state index contributed by atoms with van der Waals surface area (Å²) in [6, 6.07) is 3.40. The fourth-order valence-corrected chi connectivity index (χ4v) is 1.61. The Balaban J connectivity index is 2.57. The minimum absolute atomic E-state index is 0.134. The zero-order valence-corrected chi connectivity index (χ0v) is 11.1. The van der Waals surface area contributed by atoms with E-state index in [0.717, 1.165) is 5.03 Å². The average molecular weight is 254 g/mol. The van der Waals surface area contributed by atoms with Crippen LogP contribution in [0.4, 0.5) is 0 Å². The second-order valence-electron chi connectivity index (χ2n) is 4.11. The van der Waals surface area contributed by atoms with E-state index in [9.17, 15) is 9.90 Å². The molecule has 1 heterocycles. The fourth-order valence-electron chi connectivity index (χ4n) is 1.20. The number of thioether (sulfide) groups is 1. The molecule has 0 aromatic carbocycles. The van der Waals surface area contributed by atoms with Gasteiger partial charge in [-0.2, -0.15) is 0 Å². The van der Waals surface area contributed by atoms with E-state index >= 15 is 0 Å². The number of amides is 1. The van der Waals surface area contributed by atoms with Gasteiger partial charge in [0.1, 0.15) is 0 Å². The molecule has 0 radical (unpaired) electrons. The summed E-state index contributed by atoms with van der Waals surface area (Å²) in [5, 5.41) is 13.1. The van der Waals surface area contributed by atoms with E-state index in [4.69, 9.17) is 0 Å². The molecule has 0 aliphatic rings. The largest absolute Gasteiger partial charge is 0.391 e. The van der Waals surface area contributed by atoms with Crippen molar-refractivity contribution in [2.24, 2.45) is 5.92 Å². The molecule has 94 valence electrons. The van der Waals surface area contributed by atoms with Gasteiger partial charge in [-0.3, -0.25) is 4.79 Å². The highest BCUT2D eigenvalue weighted by Crippen LogP contribution is 2.12. The number of rotatable bonds is 5. The standard InChI is InChI=1S/C12H18N2O2S/c1-8(2)10(15)7-14-12(16)9-4-5-13-11(6-9)17-3/h4-6,8,10,15H,7H2,1-3H3,(H,14,16). The molecular weight excluding hydrogens is 236 g/mol. The molecule has 0 saturated carbocycles. The molecule has 0 bridgehead atoms. The Kier molecular flexibility index (Phi) is 5.44. The van der Waals surface area contributed by atoms with Crippen molar-refractivity contribution >= 4 is 17.7 Å². The van der Waals surface area contributed by atoms with E-state index in [2.05, 4.69) is 10.3 Å². The van der Waals surface area contributed by atoms with Crippen LogP contribution >= 0.6 is 11.8 Å². The molecule has 0 fully saturated rings. The molecule has 4 nitrogen and oxygen atoms in total. The molecule has 0 aliphatic heterocycles. The van der Waals surface area contributed by atoms with Crippen molar-refractivity contribution in [3.05, 3.63) is 23.9 Å². The highest BCUT2D eigenvalue weighted by atomic mass is 32.2. The zero-order valence-electron chi connectivity index (χ0n) is 10.3. The summed E-state index contributed by atoms with van der Waals surface area (Å²) in [4.78, 5) is 15.9. The van der Waals surface area contributed by atoms with E-state index in [1.807, 2.05) is 20.1 Å². The SMILES string of the molecule is CSc1cc(C(=O)NCC(O)C(C)C)ccn1. The van der Waals surface area contributed by atoms with Gasteiger partial charge in [-0.25, -0.2) is 4.98 Å². The lowest BCUT2D eigenvalue weighted by molar-refractivity contribution is 0.0871. The molecule has 0 spiro atoms. The topological polar surface area (TPSA) is 62.2 Å². The van der Waals surface area contributed by atoms with Crippen LogP contribution < -0.4 is 5.32 Å². The first-order valence-electron chi connectivity index (χ1n) is 5.51. The summed E-state index contributed by atoms with van der Waals surface area (Å²) in [5.41, 5.74) is 0.570. The lowest BCUT2D eigenvalue weighted by Crippen LogP contribution is -2.34. The number of pyridine rings is 1. The van der Waals surface area contributed by atoms with E-state index in [0.29, 0.717) is 5.56 Å². The Morgan fingerprint density at radius 1 is 1.59 bits per heavy atom. The van der Waals surface area contributed by atoms with Gasteiger partial charge in [-0.15, -0.1) is 11.8 Å². The zero-order chi connectivity index (χ0) is 12.8. The van der Waals surface area contributed by atoms with Gasteiger partial charge in [-0.05, 0) is 24.3 Å². The van der Waals surface area contributed by atoms with E-state index in [1.54, 1.807) is 18.3 Å². The number of nitrogens with zero attached hydrogens (tertiary/aromatic N) is 1. The molecule has 0 saturated heterocycles. The van der Waals surface area contributed by atoms with Crippen LogP contribution in [0.1, 0.15) is 24.2 Å². The summed E-state index contributed by atoms with van der Waals surface area (Å²) < 4.78 is 0. The second-order valence-corrected chi connectivity index (χ2v) is 4.93. The summed E-state index contributed by atoms with van der Waals surface area (Å²) in [6.45, 7) is 4.09.